The maximum absolute atomic E-state index is 9.28. The number of aryl methyl sites for hydroxylation is 1. The zero-order valence-electron chi connectivity index (χ0n) is 10.2. The number of phenols is 1. The van der Waals surface area contributed by atoms with Crippen molar-refractivity contribution in [3.63, 3.8) is 0 Å². The molecular weight excluding hydrogens is 226 g/mol. The number of hydrogen-bond donors (Lipinski definition) is 2. The van der Waals surface area contributed by atoms with E-state index in [9.17, 15) is 5.11 Å². The second-order valence-electron chi connectivity index (χ2n) is 5.03. The van der Waals surface area contributed by atoms with Crippen molar-refractivity contribution in [1.82, 2.24) is 9.97 Å². The highest BCUT2D eigenvalue weighted by Crippen LogP contribution is 2.33. The lowest BCUT2D eigenvalue weighted by molar-refractivity contribution is 0.475. The number of phenolic OH excluding ortho intramolecular Hbond substituents is 1. The summed E-state index contributed by atoms with van der Waals surface area (Å²) in [4.78, 5) is 8.96. The molecule has 2 aromatic rings. The topological polar surface area (TPSA) is 72.0 Å². The first-order valence-corrected chi connectivity index (χ1v) is 6.01. The Morgan fingerprint density at radius 3 is 2.72 bits per heavy atom. The number of nitrogens with zero attached hydrogens (tertiary/aromatic N) is 2. The van der Waals surface area contributed by atoms with E-state index in [-0.39, 0.29) is 11.3 Å². The van der Waals surface area contributed by atoms with Crippen LogP contribution >= 0.6 is 0 Å². The van der Waals surface area contributed by atoms with Crippen LogP contribution in [0.5, 0.6) is 5.75 Å². The SMILES string of the molecule is CC1(N)CCc2cnc(-c3ccc(O)cc3)nc21. The van der Waals surface area contributed by atoms with E-state index < -0.39 is 0 Å². The lowest BCUT2D eigenvalue weighted by Gasteiger charge is -2.17. The minimum atomic E-state index is -0.357. The van der Waals surface area contributed by atoms with Crippen molar-refractivity contribution in [2.45, 2.75) is 25.3 Å². The molecule has 92 valence electrons. The zero-order valence-corrected chi connectivity index (χ0v) is 10.2. The molecule has 3 rings (SSSR count). The van der Waals surface area contributed by atoms with Gasteiger partial charge in [-0.1, -0.05) is 0 Å². The van der Waals surface area contributed by atoms with Crippen LogP contribution in [0.1, 0.15) is 24.6 Å². The molecule has 1 aromatic heterocycles. The molecule has 1 aliphatic carbocycles. The van der Waals surface area contributed by atoms with Crippen LogP contribution in [0.3, 0.4) is 0 Å². The van der Waals surface area contributed by atoms with Crippen molar-refractivity contribution in [2.75, 3.05) is 0 Å². The van der Waals surface area contributed by atoms with E-state index in [1.165, 1.54) is 0 Å². The van der Waals surface area contributed by atoms with Gasteiger partial charge in [0.2, 0.25) is 0 Å². The fourth-order valence-corrected chi connectivity index (χ4v) is 2.35. The largest absolute Gasteiger partial charge is 0.508 e. The number of aromatic nitrogens is 2. The Kier molecular flexibility index (Phi) is 2.35. The Morgan fingerprint density at radius 2 is 2.00 bits per heavy atom. The molecule has 1 aliphatic rings. The number of benzene rings is 1. The first-order chi connectivity index (χ1) is 8.56. The van der Waals surface area contributed by atoms with E-state index >= 15 is 0 Å². The number of aromatic hydroxyl groups is 1. The molecule has 18 heavy (non-hydrogen) atoms. The lowest BCUT2D eigenvalue weighted by atomic mass is 10.0. The minimum absolute atomic E-state index is 0.239. The number of fused-ring (bicyclic) bond motifs is 1. The number of nitrogens with two attached hydrogens (primary N) is 1. The maximum atomic E-state index is 9.28. The van der Waals surface area contributed by atoms with Gasteiger partial charge in [-0.25, -0.2) is 9.97 Å². The van der Waals surface area contributed by atoms with E-state index in [0.29, 0.717) is 5.82 Å². The van der Waals surface area contributed by atoms with Gasteiger partial charge in [0.15, 0.2) is 5.82 Å². The minimum Gasteiger partial charge on any atom is -0.508 e. The van der Waals surface area contributed by atoms with E-state index in [0.717, 1.165) is 29.7 Å². The van der Waals surface area contributed by atoms with Gasteiger partial charge in [-0.2, -0.15) is 0 Å². The number of rotatable bonds is 1. The molecule has 0 saturated heterocycles. The Balaban J connectivity index is 2.08. The van der Waals surface area contributed by atoms with E-state index in [1.54, 1.807) is 24.3 Å². The lowest BCUT2D eigenvalue weighted by Crippen LogP contribution is -2.31. The standard InChI is InChI=1S/C14H15N3O/c1-14(15)7-6-10-8-16-13(17-12(10)14)9-2-4-11(18)5-3-9/h2-5,8,18H,6-7,15H2,1H3. The summed E-state index contributed by atoms with van der Waals surface area (Å²) in [5, 5.41) is 9.28. The van der Waals surface area contributed by atoms with Gasteiger partial charge in [0.1, 0.15) is 5.75 Å². The molecule has 0 amide bonds. The summed E-state index contributed by atoms with van der Waals surface area (Å²) in [6, 6.07) is 6.88. The second kappa shape index (κ2) is 3.78. The van der Waals surface area contributed by atoms with Crippen LogP contribution in [0, 0.1) is 0 Å². The fraction of sp³-hybridized carbons (Fsp3) is 0.286. The Bertz CT molecular complexity index is 590. The molecule has 1 aromatic carbocycles. The molecule has 4 heteroatoms. The molecule has 3 N–H and O–H groups in total. The van der Waals surface area contributed by atoms with Crippen LogP contribution in [0.4, 0.5) is 0 Å². The summed E-state index contributed by atoms with van der Waals surface area (Å²) in [5.41, 5.74) is 8.85. The molecule has 0 spiro atoms. The predicted octanol–water partition coefficient (Wildman–Crippen LogP) is 1.97. The van der Waals surface area contributed by atoms with Crippen molar-refractivity contribution in [2.24, 2.45) is 5.73 Å². The van der Waals surface area contributed by atoms with E-state index in [4.69, 9.17) is 5.73 Å². The Labute approximate surface area is 106 Å². The summed E-state index contributed by atoms with van der Waals surface area (Å²) in [6.07, 6.45) is 3.72. The van der Waals surface area contributed by atoms with Crippen LogP contribution < -0.4 is 5.73 Å². The van der Waals surface area contributed by atoms with Gasteiger partial charge in [-0.3, -0.25) is 0 Å². The molecule has 4 nitrogen and oxygen atoms in total. The third kappa shape index (κ3) is 1.75. The molecule has 0 radical (unpaired) electrons. The maximum Gasteiger partial charge on any atom is 0.159 e. The third-order valence-corrected chi connectivity index (χ3v) is 3.44. The summed E-state index contributed by atoms with van der Waals surface area (Å²) < 4.78 is 0. The average molecular weight is 241 g/mol. The van der Waals surface area contributed by atoms with Crippen molar-refractivity contribution >= 4 is 0 Å². The van der Waals surface area contributed by atoms with Gasteiger partial charge in [-0.05, 0) is 49.6 Å². The van der Waals surface area contributed by atoms with E-state index in [2.05, 4.69) is 9.97 Å². The summed E-state index contributed by atoms with van der Waals surface area (Å²) >= 11 is 0. The molecule has 1 heterocycles. The quantitative estimate of drug-likeness (QED) is 0.800. The van der Waals surface area contributed by atoms with Gasteiger partial charge in [0.25, 0.3) is 0 Å². The molecule has 1 unspecified atom stereocenters. The number of hydrogen-bond acceptors (Lipinski definition) is 4. The van der Waals surface area contributed by atoms with Crippen molar-refractivity contribution in [1.29, 1.82) is 0 Å². The first kappa shape index (κ1) is 11.2. The van der Waals surface area contributed by atoms with Crippen LogP contribution in [0.25, 0.3) is 11.4 Å². The van der Waals surface area contributed by atoms with Crippen molar-refractivity contribution < 1.29 is 5.11 Å². The average Bonchev–Trinajstić information content (AvgIpc) is 2.66. The van der Waals surface area contributed by atoms with Gasteiger partial charge in [0, 0.05) is 11.8 Å². The van der Waals surface area contributed by atoms with Crippen LogP contribution in [0.2, 0.25) is 0 Å². The predicted molar refractivity (Wildman–Crippen MR) is 69.0 cm³/mol. The third-order valence-electron chi connectivity index (χ3n) is 3.44. The molecule has 0 fully saturated rings. The molecule has 1 atom stereocenters. The highest BCUT2D eigenvalue weighted by atomic mass is 16.3. The van der Waals surface area contributed by atoms with Gasteiger partial charge in [0.05, 0.1) is 11.2 Å². The van der Waals surface area contributed by atoms with Gasteiger partial charge < -0.3 is 10.8 Å². The van der Waals surface area contributed by atoms with Crippen LogP contribution in [-0.2, 0) is 12.0 Å². The van der Waals surface area contributed by atoms with Gasteiger partial charge in [-0.15, -0.1) is 0 Å². The van der Waals surface area contributed by atoms with Gasteiger partial charge >= 0.3 is 0 Å². The second-order valence-corrected chi connectivity index (χ2v) is 5.03. The molecular formula is C14H15N3O. The zero-order chi connectivity index (χ0) is 12.8. The van der Waals surface area contributed by atoms with Crippen molar-refractivity contribution in [3.8, 4) is 17.1 Å². The summed E-state index contributed by atoms with van der Waals surface area (Å²) in [6.45, 7) is 2.01. The molecule has 0 aliphatic heterocycles. The molecule has 0 bridgehead atoms. The highest BCUT2D eigenvalue weighted by Gasteiger charge is 2.32. The first-order valence-electron chi connectivity index (χ1n) is 6.01. The Hall–Kier alpha value is -1.94. The fourth-order valence-electron chi connectivity index (χ4n) is 2.35. The van der Waals surface area contributed by atoms with Crippen LogP contribution in [-0.4, -0.2) is 15.1 Å². The van der Waals surface area contributed by atoms with E-state index in [1.807, 2.05) is 13.1 Å². The summed E-state index contributed by atoms with van der Waals surface area (Å²) in [7, 11) is 0. The van der Waals surface area contributed by atoms with Crippen LogP contribution in [0.15, 0.2) is 30.5 Å². The Morgan fingerprint density at radius 1 is 1.28 bits per heavy atom. The molecule has 0 saturated carbocycles. The normalized spacial score (nSPS) is 21.9. The summed E-state index contributed by atoms with van der Waals surface area (Å²) in [5.74, 6) is 0.899. The smallest absolute Gasteiger partial charge is 0.159 e. The highest BCUT2D eigenvalue weighted by molar-refractivity contribution is 5.57. The monoisotopic (exact) mass is 241 g/mol. The van der Waals surface area contributed by atoms with Crippen molar-refractivity contribution in [3.05, 3.63) is 41.7 Å².